The first-order valence-corrected chi connectivity index (χ1v) is 7.45. The van der Waals surface area contributed by atoms with Crippen molar-refractivity contribution in [3.63, 3.8) is 0 Å². The maximum Gasteiger partial charge on any atom is 0.252 e. The van der Waals surface area contributed by atoms with E-state index in [4.69, 9.17) is 5.73 Å². The van der Waals surface area contributed by atoms with Gasteiger partial charge in [-0.1, -0.05) is 0 Å². The van der Waals surface area contributed by atoms with Gasteiger partial charge in [0.15, 0.2) is 0 Å². The van der Waals surface area contributed by atoms with Crippen LogP contribution in [0.3, 0.4) is 0 Å². The molecule has 1 saturated carbocycles. The third-order valence-corrected chi connectivity index (χ3v) is 4.30. The summed E-state index contributed by atoms with van der Waals surface area (Å²) in [6.07, 6.45) is 2.35. The number of nitrogens with one attached hydrogen (secondary N) is 1. The molecule has 0 radical (unpaired) electrons. The molecule has 3 N–H and O–H groups in total. The first-order chi connectivity index (χ1) is 8.11. The Kier molecular flexibility index (Phi) is 4.43. The largest absolute Gasteiger partial charge is 0.348 e. The third-order valence-electron chi connectivity index (χ3n) is 2.93. The number of rotatable bonds is 4. The molecule has 1 aliphatic rings. The molecule has 92 valence electrons. The van der Waals surface area contributed by atoms with Gasteiger partial charge in [0.1, 0.15) is 0 Å². The van der Waals surface area contributed by atoms with Crippen LogP contribution in [0.15, 0.2) is 22.7 Å². The molecule has 0 aromatic heterocycles. The highest BCUT2D eigenvalue weighted by Crippen LogP contribution is 2.32. The van der Waals surface area contributed by atoms with Gasteiger partial charge < -0.3 is 11.1 Å². The van der Waals surface area contributed by atoms with E-state index < -0.39 is 0 Å². The average Bonchev–Trinajstić information content (AvgIpc) is 3.13. The van der Waals surface area contributed by atoms with Crippen LogP contribution in [0.5, 0.6) is 0 Å². The van der Waals surface area contributed by atoms with Gasteiger partial charge in [-0.2, -0.15) is 0 Å². The van der Waals surface area contributed by atoms with Gasteiger partial charge >= 0.3 is 0 Å². The molecule has 1 fully saturated rings. The first kappa shape index (κ1) is 13.3. The minimum atomic E-state index is -0.0438. The molecule has 1 aromatic carbocycles. The van der Waals surface area contributed by atoms with Crippen LogP contribution in [0.1, 0.15) is 23.2 Å². The van der Waals surface area contributed by atoms with Crippen molar-refractivity contribution in [1.29, 1.82) is 0 Å². The molecule has 0 heterocycles. The van der Waals surface area contributed by atoms with E-state index in [0.717, 1.165) is 8.04 Å². The first-order valence-electron chi connectivity index (χ1n) is 5.58. The Hall–Kier alpha value is -0.140. The summed E-state index contributed by atoms with van der Waals surface area (Å²) < 4.78 is 1.87. The molecule has 1 aromatic rings. The normalized spacial score (nSPS) is 16.6. The van der Waals surface area contributed by atoms with E-state index in [-0.39, 0.29) is 11.9 Å². The molecule has 1 aliphatic carbocycles. The Bertz CT molecular complexity index is 435. The minimum absolute atomic E-state index is 0.0438. The van der Waals surface area contributed by atoms with Gasteiger partial charge in [0.2, 0.25) is 0 Å². The van der Waals surface area contributed by atoms with Crippen LogP contribution in [0, 0.1) is 9.49 Å². The van der Waals surface area contributed by atoms with Gasteiger partial charge in [0, 0.05) is 20.6 Å². The van der Waals surface area contributed by atoms with Gasteiger partial charge in [-0.25, -0.2) is 0 Å². The summed E-state index contributed by atoms with van der Waals surface area (Å²) >= 11 is 5.60. The predicted molar refractivity (Wildman–Crippen MR) is 79.9 cm³/mol. The van der Waals surface area contributed by atoms with Gasteiger partial charge in [-0.05, 0) is 75.5 Å². The highest BCUT2D eigenvalue weighted by molar-refractivity contribution is 14.1. The van der Waals surface area contributed by atoms with E-state index in [2.05, 4.69) is 43.8 Å². The Balaban J connectivity index is 2.10. The number of carbonyl (C=O) groups excluding carboxylic acids is 1. The Morgan fingerprint density at radius 2 is 2.29 bits per heavy atom. The molecule has 3 nitrogen and oxygen atoms in total. The zero-order valence-corrected chi connectivity index (χ0v) is 13.0. The van der Waals surface area contributed by atoms with Crippen molar-refractivity contribution in [2.45, 2.75) is 18.9 Å². The van der Waals surface area contributed by atoms with E-state index in [1.807, 2.05) is 18.2 Å². The van der Waals surface area contributed by atoms with Crippen LogP contribution < -0.4 is 11.1 Å². The van der Waals surface area contributed by atoms with Crippen molar-refractivity contribution in [2.75, 3.05) is 6.54 Å². The van der Waals surface area contributed by atoms with Crippen LogP contribution >= 0.6 is 38.5 Å². The zero-order valence-electron chi connectivity index (χ0n) is 9.25. The van der Waals surface area contributed by atoms with Gasteiger partial charge in [0.05, 0.1) is 5.56 Å². The fourth-order valence-electron chi connectivity index (χ4n) is 1.79. The monoisotopic (exact) mass is 408 g/mol. The summed E-state index contributed by atoms with van der Waals surface area (Å²) in [5, 5.41) is 3.02. The predicted octanol–water partition coefficient (Wildman–Crippen LogP) is 2.52. The van der Waals surface area contributed by atoms with Gasteiger partial charge in [-0.15, -0.1) is 0 Å². The van der Waals surface area contributed by atoms with Crippen molar-refractivity contribution in [3.05, 3.63) is 31.8 Å². The summed E-state index contributed by atoms with van der Waals surface area (Å²) in [7, 11) is 0. The zero-order chi connectivity index (χ0) is 12.4. The standard InChI is InChI=1S/C12H14BrIN2O/c13-10-4-3-8(14)5-9(10)12(17)16-11(6-15)7-1-2-7/h3-5,7,11H,1-2,6,15H2,(H,16,17). The van der Waals surface area contributed by atoms with E-state index in [9.17, 15) is 4.79 Å². The number of hydrogen-bond acceptors (Lipinski definition) is 2. The minimum Gasteiger partial charge on any atom is -0.348 e. The number of amides is 1. The number of carbonyl (C=O) groups is 1. The topological polar surface area (TPSA) is 55.1 Å². The molecule has 0 bridgehead atoms. The lowest BCUT2D eigenvalue weighted by atomic mass is 10.1. The second-order valence-electron chi connectivity index (χ2n) is 4.28. The summed E-state index contributed by atoms with van der Waals surface area (Å²) in [5.41, 5.74) is 6.36. The Labute approximate surface area is 123 Å². The highest BCUT2D eigenvalue weighted by atomic mass is 127. The number of nitrogens with two attached hydrogens (primary N) is 1. The van der Waals surface area contributed by atoms with E-state index in [1.165, 1.54) is 12.8 Å². The van der Waals surface area contributed by atoms with Crippen LogP contribution in [-0.4, -0.2) is 18.5 Å². The van der Waals surface area contributed by atoms with E-state index >= 15 is 0 Å². The smallest absolute Gasteiger partial charge is 0.252 e. The molecule has 1 atom stereocenters. The lowest BCUT2D eigenvalue weighted by molar-refractivity contribution is 0.0932. The van der Waals surface area contributed by atoms with Crippen molar-refractivity contribution >= 4 is 44.4 Å². The third kappa shape index (κ3) is 3.42. The lowest BCUT2D eigenvalue weighted by Gasteiger charge is -2.16. The Morgan fingerprint density at radius 3 is 2.88 bits per heavy atom. The SMILES string of the molecule is NCC(NC(=O)c1cc(I)ccc1Br)C1CC1. The molecular formula is C12H14BrIN2O. The summed E-state index contributed by atoms with van der Waals surface area (Å²) in [6.45, 7) is 0.512. The van der Waals surface area contributed by atoms with E-state index in [1.54, 1.807) is 0 Å². The van der Waals surface area contributed by atoms with Crippen LogP contribution in [0.25, 0.3) is 0 Å². The molecular weight excluding hydrogens is 395 g/mol. The average molecular weight is 409 g/mol. The molecule has 17 heavy (non-hydrogen) atoms. The number of halogens is 2. The maximum absolute atomic E-state index is 12.1. The van der Waals surface area contributed by atoms with Crippen LogP contribution in [0.2, 0.25) is 0 Å². The summed E-state index contributed by atoms with van der Waals surface area (Å²) in [4.78, 5) is 12.1. The summed E-state index contributed by atoms with van der Waals surface area (Å²) in [6, 6.07) is 5.85. The van der Waals surface area contributed by atoms with Crippen LogP contribution in [-0.2, 0) is 0 Å². The highest BCUT2D eigenvalue weighted by Gasteiger charge is 2.31. The van der Waals surface area contributed by atoms with E-state index in [0.29, 0.717) is 18.0 Å². The van der Waals surface area contributed by atoms with Crippen molar-refractivity contribution < 1.29 is 4.79 Å². The second kappa shape index (κ2) is 5.67. The number of hydrogen-bond donors (Lipinski definition) is 2. The number of benzene rings is 1. The fourth-order valence-corrected chi connectivity index (χ4v) is 2.70. The molecule has 2 rings (SSSR count). The second-order valence-corrected chi connectivity index (χ2v) is 6.38. The van der Waals surface area contributed by atoms with Crippen LogP contribution in [0.4, 0.5) is 0 Å². The van der Waals surface area contributed by atoms with Crippen molar-refractivity contribution in [1.82, 2.24) is 5.32 Å². The van der Waals surface area contributed by atoms with Crippen molar-refractivity contribution in [2.24, 2.45) is 11.7 Å². The fraction of sp³-hybridized carbons (Fsp3) is 0.417. The lowest BCUT2D eigenvalue weighted by Crippen LogP contribution is -2.41. The molecule has 0 aliphatic heterocycles. The molecule has 0 spiro atoms. The molecule has 1 unspecified atom stereocenters. The quantitative estimate of drug-likeness (QED) is 0.752. The Morgan fingerprint density at radius 1 is 1.59 bits per heavy atom. The molecule has 1 amide bonds. The van der Waals surface area contributed by atoms with Crippen molar-refractivity contribution in [3.8, 4) is 0 Å². The summed E-state index contributed by atoms with van der Waals surface area (Å²) in [5.74, 6) is 0.531. The maximum atomic E-state index is 12.1. The molecule has 5 heteroatoms. The van der Waals surface area contributed by atoms with Gasteiger partial charge in [0.25, 0.3) is 5.91 Å². The molecule has 0 saturated heterocycles. The van der Waals surface area contributed by atoms with Gasteiger partial charge in [-0.3, -0.25) is 4.79 Å².